The van der Waals surface area contributed by atoms with Crippen molar-refractivity contribution in [2.45, 2.75) is 39.0 Å². The van der Waals surface area contributed by atoms with E-state index in [-0.39, 0.29) is 60.3 Å². The normalized spacial score (nSPS) is 11.7. The second-order valence-corrected chi connectivity index (χ2v) is 12.3. The summed E-state index contributed by atoms with van der Waals surface area (Å²) in [6, 6.07) is 15.5. The minimum absolute atomic E-state index is 0.0274. The first-order chi connectivity index (χ1) is 25.2. The molecule has 0 spiro atoms. The number of aryl methyl sites for hydroxylation is 5. The lowest BCUT2D eigenvalue weighted by Crippen LogP contribution is -2.24. The van der Waals surface area contributed by atoms with Gasteiger partial charge in [-0.05, 0) is 29.7 Å². The molecular formula is C33H27ClN12O6. The molecule has 52 heavy (non-hydrogen) atoms. The third-order valence-corrected chi connectivity index (χ3v) is 8.93. The Morgan fingerprint density at radius 3 is 2.23 bits per heavy atom. The van der Waals surface area contributed by atoms with E-state index in [1.165, 1.54) is 32.8 Å². The number of hydrogen-bond donors (Lipinski definition) is 1. The first kappa shape index (κ1) is 32.5. The van der Waals surface area contributed by atoms with Crippen molar-refractivity contribution in [2.75, 3.05) is 0 Å². The molecule has 0 saturated carbocycles. The Kier molecular flexibility index (Phi) is 8.26. The Morgan fingerprint density at radius 2 is 1.48 bits per heavy atom. The van der Waals surface area contributed by atoms with E-state index in [1.54, 1.807) is 16.2 Å². The van der Waals surface area contributed by atoms with E-state index >= 15 is 0 Å². The number of fused-ring (bicyclic) bond motifs is 2. The van der Waals surface area contributed by atoms with Crippen molar-refractivity contribution in [3.05, 3.63) is 138 Å². The SMILES string of the molecule is Cn1c(CCn2cnc3ncn(Cc4n[nH]c(=O)o4)c(=O)c32)nc2ncn(Cc3nn(CCc4ccc(Cl)c(-c5ccccc5)c4)c(=O)o3)c(=O)c21. The fraction of sp³-hybridized carbons (Fsp3) is 0.212. The number of benzene rings is 2. The first-order valence-electron chi connectivity index (χ1n) is 16.0. The average molecular weight is 723 g/mol. The van der Waals surface area contributed by atoms with Gasteiger partial charge >= 0.3 is 11.5 Å². The Bertz CT molecular complexity index is 2840. The quantitative estimate of drug-likeness (QED) is 0.202. The van der Waals surface area contributed by atoms with E-state index in [1.807, 2.05) is 48.5 Å². The van der Waals surface area contributed by atoms with Crippen LogP contribution < -0.4 is 22.6 Å². The zero-order valence-electron chi connectivity index (χ0n) is 27.3. The van der Waals surface area contributed by atoms with Crippen LogP contribution in [0.25, 0.3) is 33.5 Å². The number of halogens is 1. The zero-order chi connectivity index (χ0) is 35.9. The van der Waals surface area contributed by atoms with E-state index < -0.39 is 22.6 Å². The lowest BCUT2D eigenvalue weighted by atomic mass is 10.0. The van der Waals surface area contributed by atoms with E-state index in [4.69, 9.17) is 20.4 Å². The molecule has 0 aliphatic carbocycles. The summed E-state index contributed by atoms with van der Waals surface area (Å²) in [7, 11) is 1.70. The van der Waals surface area contributed by atoms with Crippen molar-refractivity contribution in [1.29, 1.82) is 0 Å². The number of aromatic amines is 1. The molecule has 0 amide bonds. The molecule has 0 saturated heterocycles. The second kappa shape index (κ2) is 13.2. The topological polar surface area (TPSA) is 212 Å². The Labute approximate surface area is 295 Å². The van der Waals surface area contributed by atoms with Crippen molar-refractivity contribution < 1.29 is 8.83 Å². The van der Waals surface area contributed by atoms with Crippen LogP contribution in [0.4, 0.5) is 0 Å². The van der Waals surface area contributed by atoms with Gasteiger partial charge in [0.2, 0.25) is 11.8 Å². The molecule has 0 radical (unpaired) electrons. The van der Waals surface area contributed by atoms with E-state index in [9.17, 15) is 19.2 Å². The van der Waals surface area contributed by atoms with Crippen molar-refractivity contribution in [2.24, 2.45) is 7.05 Å². The van der Waals surface area contributed by atoms with Gasteiger partial charge in [-0.25, -0.2) is 34.6 Å². The highest BCUT2D eigenvalue weighted by Crippen LogP contribution is 2.29. The predicted molar refractivity (Wildman–Crippen MR) is 185 cm³/mol. The summed E-state index contributed by atoms with van der Waals surface area (Å²) < 4.78 is 17.4. The second-order valence-electron chi connectivity index (χ2n) is 11.9. The highest BCUT2D eigenvalue weighted by atomic mass is 35.5. The van der Waals surface area contributed by atoms with Gasteiger partial charge in [-0.2, -0.15) is 4.68 Å². The fourth-order valence-electron chi connectivity index (χ4n) is 5.98. The molecule has 6 heterocycles. The summed E-state index contributed by atoms with van der Waals surface area (Å²) in [5, 5.41) is 10.8. The smallest absolute Gasteiger partial charge is 0.390 e. The molecule has 1 N–H and O–H groups in total. The fourth-order valence-corrected chi connectivity index (χ4v) is 6.21. The maximum absolute atomic E-state index is 13.6. The standard InChI is InChI=1S/C33H27ClN12O6/c1-42-23(10-11-43-16-35-28-27(43)31(48)44(17-36-28)14-24-39-40-32(49)51-24)38-29-26(42)30(47)45(18-37-29)15-25-41-46(33(50)52-25)12-9-19-7-8-22(34)21(13-19)20-5-3-2-4-6-20/h2-8,13,16-18H,9-12,14-15H2,1H3,(H,40,49). The molecule has 2 aromatic carbocycles. The van der Waals surface area contributed by atoms with Crippen molar-refractivity contribution >= 4 is 33.9 Å². The lowest BCUT2D eigenvalue weighted by Gasteiger charge is -2.08. The summed E-state index contributed by atoms with van der Waals surface area (Å²) >= 11 is 6.45. The number of imidazole rings is 2. The summed E-state index contributed by atoms with van der Waals surface area (Å²) in [4.78, 5) is 68.2. The largest absolute Gasteiger partial charge is 0.437 e. The number of aromatic nitrogens is 12. The van der Waals surface area contributed by atoms with Gasteiger partial charge < -0.3 is 18.0 Å². The van der Waals surface area contributed by atoms with Gasteiger partial charge in [0.05, 0.1) is 12.9 Å². The van der Waals surface area contributed by atoms with Crippen LogP contribution in [-0.2, 0) is 46.1 Å². The highest BCUT2D eigenvalue weighted by Gasteiger charge is 2.18. The Hall–Kier alpha value is -6.69. The zero-order valence-corrected chi connectivity index (χ0v) is 28.1. The molecule has 6 aromatic heterocycles. The number of hydrogen-bond acceptors (Lipinski definition) is 12. The van der Waals surface area contributed by atoms with E-state index in [2.05, 4.69) is 35.2 Å². The van der Waals surface area contributed by atoms with Gasteiger partial charge in [0.15, 0.2) is 22.3 Å². The molecule has 0 fully saturated rings. The summed E-state index contributed by atoms with van der Waals surface area (Å²) in [5.74, 6) is -0.751. The van der Waals surface area contributed by atoms with Crippen LogP contribution in [0, 0.1) is 0 Å². The third kappa shape index (κ3) is 6.15. The number of rotatable bonds is 11. The predicted octanol–water partition coefficient (Wildman–Crippen LogP) is 1.76. The van der Waals surface area contributed by atoms with Crippen LogP contribution in [0.15, 0.2) is 95.5 Å². The Morgan fingerprint density at radius 1 is 0.769 bits per heavy atom. The van der Waals surface area contributed by atoms with Gasteiger partial charge in [0, 0.05) is 30.6 Å². The molecule has 18 nitrogen and oxygen atoms in total. The molecule has 0 bridgehead atoms. The molecule has 262 valence electrons. The maximum Gasteiger partial charge on any atom is 0.437 e. The van der Waals surface area contributed by atoms with Crippen molar-refractivity contribution in [1.82, 2.24) is 58.2 Å². The summed E-state index contributed by atoms with van der Waals surface area (Å²) in [6.45, 7) is 0.323. The van der Waals surface area contributed by atoms with Crippen molar-refractivity contribution in [3.63, 3.8) is 0 Å². The molecule has 19 heteroatoms. The van der Waals surface area contributed by atoms with Crippen LogP contribution in [0.1, 0.15) is 23.2 Å². The van der Waals surface area contributed by atoms with Crippen LogP contribution in [0.5, 0.6) is 0 Å². The minimum Gasteiger partial charge on any atom is -0.390 e. The molecular weight excluding hydrogens is 696 g/mol. The van der Waals surface area contributed by atoms with Crippen molar-refractivity contribution in [3.8, 4) is 11.1 Å². The van der Waals surface area contributed by atoms with E-state index in [0.717, 1.165) is 16.7 Å². The maximum atomic E-state index is 13.6. The molecule has 0 aliphatic heterocycles. The van der Waals surface area contributed by atoms with Gasteiger partial charge in [-0.15, -0.1) is 10.2 Å². The van der Waals surface area contributed by atoms with Gasteiger partial charge in [-0.1, -0.05) is 48.0 Å². The van der Waals surface area contributed by atoms with Crippen LogP contribution in [-0.4, -0.2) is 58.2 Å². The minimum atomic E-state index is -0.729. The van der Waals surface area contributed by atoms with Gasteiger partial charge in [-0.3, -0.25) is 18.7 Å². The van der Waals surface area contributed by atoms with Crippen LogP contribution >= 0.6 is 11.6 Å². The third-order valence-electron chi connectivity index (χ3n) is 8.60. The number of H-pyrrole nitrogens is 1. The van der Waals surface area contributed by atoms with Gasteiger partial charge in [0.25, 0.3) is 11.1 Å². The van der Waals surface area contributed by atoms with E-state index in [0.29, 0.717) is 23.7 Å². The molecule has 0 aliphatic rings. The lowest BCUT2D eigenvalue weighted by molar-refractivity contribution is 0.434. The number of nitrogens with one attached hydrogen (secondary N) is 1. The monoisotopic (exact) mass is 722 g/mol. The first-order valence-corrected chi connectivity index (χ1v) is 16.4. The molecule has 0 unspecified atom stereocenters. The summed E-state index contributed by atoms with van der Waals surface area (Å²) in [6.07, 6.45) is 4.95. The number of nitrogens with zero attached hydrogens (tertiary/aromatic N) is 11. The van der Waals surface area contributed by atoms with Crippen LogP contribution in [0.3, 0.4) is 0 Å². The summed E-state index contributed by atoms with van der Waals surface area (Å²) in [5.41, 5.74) is 3.02. The molecule has 8 aromatic rings. The van der Waals surface area contributed by atoms with Gasteiger partial charge in [0.1, 0.15) is 31.6 Å². The Balaban J connectivity index is 0.976. The highest BCUT2D eigenvalue weighted by molar-refractivity contribution is 6.33. The molecule has 8 rings (SSSR count). The molecule has 0 atom stereocenters. The van der Waals surface area contributed by atoms with Crippen LogP contribution in [0.2, 0.25) is 5.02 Å². The average Bonchev–Trinajstić information content (AvgIpc) is 3.92.